The molecule has 1 aromatic carbocycles. The molecule has 0 fully saturated rings. The summed E-state index contributed by atoms with van der Waals surface area (Å²) in [5.41, 5.74) is 1.94. The predicted molar refractivity (Wildman–Crippen MR) is 71.6 cm³/mol. The molecule has 0 aliphatic heterocycles. The van der Waals surface area contributed by atoms with Gasteiger partial charge in [-0.05, 0) is 37.2 Å². The van der Waals surface area contributed by atoms with Gasteiger partial charge in [0.1, 0.15) is 6.26 Å². The van der Waals surface area contributed by atoms with Gasteiger partial charge in [-0.15, -0.1) is 0 Å². The quantitative estimate of drug-likeness (QED) is 0.856. The molecule has 1 aromatic heterocycles. The second-order valence-corrected chi connectivity index (χ2v) is 4.74. The normalized spacial score (nSPS) is 10.7. The van der Waals surface area contributed by atoms with Crippen LogP contribution in [0.2, 0.25) is 0 Å². The Morgan fingerprint density at radius 3 is 2.76 bits per heavy atom. The van der Waals surface area contributed by atoms with Crippen molar-refractivity contribution in [3.63, 3.8) is 0 Å². The lowest BCUT2D eigenvalue weighted by atomic mass is 10.2. The van der Waals surface area contributed by atoms with E-state index in [-0.39, 0.29) is 0 Å². The Bertz CT molecular complexity index is 465. The number of aromatic nitrogens is 1. The lowest BCUT2D eigenvalue weighted by Crippen LogP contribution is -2.13. The Morgan fingerprint density at radius 2 is 2.06 bits per heavy atom. The molecule has 0 saturated carbocycles. The van der Waals surface area contributed by atoms with Crippen molar-refractivity contribution in [1.82, 2.24) is 10.3 Å². The molecular formula is C13H15BrN2O. The third-order valence-electron chi connectivity index (χ3n) is 2.38. The summed E-state index contributed by atoms with van der Waals surface area (Å²) in [6, 6.07) is 7.93. The summed E-state index contributed by atoms with van der Waals surface area (Å²) in [6.45, 7) is 3.90. The van der Waals surface area contributed by atoms with Gasteiger partial charge in [-0.3, -0.25) is 0 Å². The van der Waals surface area contributed by atoms with E-state index in [4.69, 9.17) is 4.42 Å². The molecule has 17 heavy (non-hydrogen) atoms. The fraction of sp³-hybridized carbons (Fsp3) is 0.308. The third-order valence-corrected chi connectivity index (χ3v) is 2.90. The van der Waals surface area contributed by atoms with Crippen LogP contribution < -0.4 is 5.32 Å². The van der Waals surface area contributed by atoms with Crippen molar-refractivity contribution in [2.45, 2.75) is 19.9 Å². The predicted octanol–water partition coefficient (Wildman–Crippen LogP) is 3.60. The number of benzene rings is 1. The van der Waals surface area contributed by atoms with Crippen LogP contribution in [0.25, 0.3) is 11.5 Å². The molecule has 1 N–H and O–H groups in total. The van der Waals surface area contributed by atoms with E-state index in [0.29, 0.717) is 5.89 Å². The number of oxazole rings is 1. The largest absolute Gasteiger partial charge is 0.444 e. The molecule has 3 nitrogen and oxygen atoms in total. The molecule has 1 heterocycles. The van der Waals surface area contributed by atoms with Gasteiger partial charge in [0.05, 0.1) is 5.69 Å². The zero-order chi connectivity index (χ0) is 12.1. The van der Waals surface area contributed by atoms with Crippen molar-refractivity contribution in [2.24, 2.45) is 0 Å². The molecule has 4 heteroatoms. The monoisotopic (exact) mass is 294 g/mol. The summed E-state index contributed by atoms with van der Waals surface area (Å²) in [4.78, 5) is 4.44. The van der Waals surface area contributed by atoms with Crippen molar-refractivity contribution in [3.8, 4) is 11.5 Å². The van der Waals surface area contributed by atoms with Crippen LogP contribution in [-0.2, 0) is 6.54 Å². The summed E-state index contributed by atoms with van der Waals surface area (Å²) in [5.74, 6) is 0.672. The molecule has 2 aromatic rings. The van der Waals surface area contributed by atoms with Crippen molar-refractivity contribution < 1.29 is 4.42 Å². The highest BCUT2D eigenvalue weighted by molar-refractivity contribution is 9.10. The van der Waals surface area contributed by atoms with Crippen LogP contribution in [0.5, 0.6) is 0 Å². The minimum Gasteiger partial charge on any atom is -0.444 e. The van der Waals surface area contributed by atoms with Gasteiger partial charge >= 0.3 is 0 Å². The first-order chi connectivity index (χ1) is 8.29. The minimum absolute atomic E-state index is 0.672. The average molecular weight is 295 g/mol. The zero-order valence-corrected chi connectivity index (χ0v) is 11.3. The molecule has 0 aliphatic rings. The highest BCUT2D eigenvalue weighted by atomic mass is 79.9. The minimum atomic E-state index is 0.672. The summed E-state index contributed by atoms with van der Waals surface area (Å²) in [5, 5.41) is 3.30. The molecule has 0 saturated heterocycles. The van der Waals surface area contributed by atoms with Crippen molar-refractivity contribution in [3.05, 3.63) is 40.7 Å². The van der Waals surface area contributed by atoms with Crippen LogP contribution in [-0.4, -0.2) is 11.5 Å². The molecule has 0 bridgehead atoms. The maximum atomic E-state index is 5.45. The van der Waals surface area contributed by atoms with Crippen molar-refractivity contribution >= 4 is 15.9 Å². The molecule has 0 amide bonds. The number of hydrogen-bond donors (Lipinski definition) is 1. The van der Waals surface area contributed by atoms with Gasteiger partial charge in [0.15, 0.2) is 0 Å². The second kappa shape index (κ2) is 5.98. The van der Waals surface area contributed by atoms with Crippen molar-refractivity contribution in [1.29, 1.82) is 0 Å². The smallest absolute Gasteiger partial charge is 0.226 e. The first kappa shape index (κ1) is 12.3. The molecule has 0 atom stereocenters. The number of halogens is 1. The Morgan fingerprint density at radius 1 is 1.29 bits per heavy atom. The number of hydrogen-bond acceptors (Lipinski definition) is 3. The molecule has 0 radical (unpaired) electrons. The fourth-order valence-electron chi connectivity index (χ4n) is 1.51. The molecule has 2 rings (SSSR count). The highest BCUT2D eigenvalue weighted by Gasteiger charge is 2.05. The van der Waals surface area contributed by atoms with Gasteiger partial charge in [-0.25, -0.2) is 4.98 Å². The SMILES string of the molecule is CCCNCc1coc(-c2ccc(Br)cc2)n1. The number of nitrogens with one attached hydrogen (secondary N) is 1. The molecule has 90 valence electrons. The van der Waals surface area contributed by atoms with E-state index in [9.17, 15) is 0 Å². The number of rotatable bonds is 5. The third kappa shape index (κ3) is 3.41. The Kier molecular flexibility index (Phi) is 4.34. The lowest BCUT2D eigenvalue weighted by Gasteiger charge is -1.97. The van der Waals surface area contributed by atoms with Gasteiger partial charge < -0.3 is 9.73 Å². The number of nitrogens with zero attached hydrogens (tertiary/aromatic N) is 1. The highest BCUT2D eigenvalue weighted by Crippen LogP contribution is 2.20. The maximum absolute atomic E-state index is 5.45. The topological polar surface area (TPSA) is 38.1 Å². The second-order valence-electron chi connectivity index (χ2n) is 3.83. The van der Waals surface area contributed by atoms with Crippen LogP contribution in [0.4, 0.5) is 0 Å². The fourth-order valence-corrected chi connectivity index (χ4v) is 1.77. The van der Waals surface area contributed by atoms with E-state index in [0.717, 1.165) is 35.2 Å². The van der Waals surface area contributed by atoms with Crippen LogP contribution in [0.15, 0.2) is 39.4 Å². The standard InChI is InChI=1S/C13H15BrN2O/c1-2-7-15-8-12-9-17-13(16-12)10-3-5-11(14)6-4-10/h3-6,9,15H,2,7-8H2,1H3. The molecule has 0 spiro atoms. The molecule has 0 unspecified atom stereocenters. The average Bonchev–Trinajstić information content (AvgIpc) is 2.79. The van der Waals surface area contributed by atoms with E-state index in [1.807, 2.05) is 24.3 Å². The summed E-state index contributed by atoms with van der Waals surface area (Å²) in [7, 11) is 0. The Hall–Kier alpha value is -1.13. The van der Waals surface area contributed by atoms with Crippen LogP contribution >= 0.6 is 15.9 Å². The maximum Gasteiger partial charge on any atom is 0.226 e. The van der Waals surface area contributed by atoms with Crippen LogP contribution in [0.3, 0.4) is 0 Å². The van der Waals surface area contributed by atoms with Gasteiger partial charge in [0, 0.05) is 16.6 Å². The molecule has 0 aliphatic carbocycles. The van der Waals surface area contributed by atoms with Crippen molar-refractivity contribution in [2.75, 3.05) is 6.54 Å². The van der Waals surface area contributed by atoms with E-state index >= 15 is 0 Å². The van der Waals surface area contributed by atoms with Crippen LogP contribution in [0.1, 0.15) is 19.0 Å². The molecular weight excluding hydrogens is 280 g/mol. The van der Waals surface area contributed by atoms with E-state index < -0.39 is 0 Å². The summed E-state index contributed by atoms with van der Waals surface area (Å²) in [6.07, 6.45) is 2.83. The lowest BCUT2D eigenvalue weighted by molar-refractivity contribution is 0.570. The Labute approximate surface area is 109 Å². The van der Waals surface area contributed by atoms with Gasteiger partial charge in [-0.1, -0.05) is 22.9 Å². The first-order valence-corrected chi connectivity index (χ1v) is 6.50. The van der Waals surface area contributed by atoms with Gasteiger partial charge in [0.2, 0.25) is 5.89 Å². The van der Waals surface area contributed by atoms with E-state index in [2.05, 4.69) is 33.2 Å². The van der Waals surface area contributed by atoms with Crippen LogP contribution in [0, 0.1) is 0 Å². The first-order valence-electron chi connectivity index (χ1n) is 5.70. The van der Waals surface area contributed by atoms with Gasteiger partial charge in [0.25, 0.3) is 0 Å². The van der Waals surface area contributed by atoms with E-state index in [1.54, 1.807) is 6.26 Å². The Balaban J connectivity index is 2.04. The summed E-state index contributed by atoms with van der Waals surface area (Å²) < 4.78 is 6.51. The zero-order valence-electron chi connectivity index (χ0n) is 9.74. The summed E-state index contributed by atoms with van der Waals surface area (Å²) >= 11 is 3.40. The van der Waals surface area contributed by atoms with Gasteiger partial charge in [-0.2, -0.15) is 0 Å². The van der Waals surface area contributed by atoms with E-state index in [1.165, 1.54) is 0 Å².